The van der Waals surface area contributed by atoms with Crippen molar-refractivity contribution in [3.8, 4) is 0 Å². The molecule has 0 aliphatic rings. The molecule has 0 atom stereocenters. The molecule has 44 valence electrons. The first kappa shape index (κ1) is 7.08. The van der Waals surface area contributed by atoms with E-state index in [1.165, 1.54) is 6.92 Å². The van der Waals surface area contributed by atoms with Crippen LogP contribution < -0.4 is 0 Å². The van der Waals surface area contributed by atoms with Crippen LogP contribution in [0, 0.1) is 0 Å². The van der Waals surface area contributed by atoms with Crippen molar-refractivity contribution >= 4 is 6.29 Å². The predicted octanol–water partition coefficient (Wildman–Crippen LogP) is 1.61. The molecule has 0 unspecified atom stereocenters. The van der Waals surface area contributed by atoms with Gasteiger partial charge in [0.25, 0.3) is 0 Å². The zero-order chi connectivity index (χ0) is 6.57. The average molecular weight is 114 g/mol. The topological polar surface area (TPSA) is 17.1 Å². The third-order valence-electron chi connectivity index (χ3n) is 0.622. The van der Waals surface area contributed by atoms with Crippen molar-refractivity contribution in [3.63, 3.8) is 0 Å². The average Bonchev–Trinajstić information content (AvgIpc) is 1.67. The maximum Gasteiger partial charge on any atom is 0.145 e. The van der Waals surface area contributed by atoms with E-state index in [4.69, 9.17) is 0 Å². The zero-order valence-electron chi connectivity index (χ0n) is 4.65. The first-order valence-electron chi connectivity index (χ1n) is 2.15. The van der Waals surface area contributed by atoms with E-state index in [0.29, 0.717) is 6.29 Å². The van der Waals surface area contributed by atoms with Gasteiger partial charge in [0.2, 0.25) is 0 Å². The van der Waals surface area contributed by atoms with Crippen molar-refractivity contribution in [2.75, 3.05) is 0 Å². The van der Waals surface area contributed by atoms with Crippen LogP contribution in [0.2, 0.25) is 0 Å². The Hall–Kier alpha value is -0.920. The molecule has 0 fully saturated rings. The van der Waals surface area contributed by atoms with Gasteiger partial charge in [0.05, 0.1) is 0 Å². The van der Waals surface area contributed by atoms with Crippen molar-refractivity contribution in [3.05, 3.63) is 24.1 Å². The normalized spacial score (nSPS) is 11.0. The minimum absolute atomic E-state index is 0.275. The molecule has 0 N–H and O–H groups in total. The Morgan fingerprint density at radius 2 is 2.25 bits per heavy atom. The lowest BCUT2D eigenvalue weighted by molar-refractivity contribution is -0.104. The molecule has 0 aromatic carbocycles. The molecule has 0 aliphatic heterocycles. The summed E-state index contributed by atoms with van der Waals surface area (Å²) in [6.45, 7) is 4.77. The summed E-state index contributed by atoms with van der Waals surface area (Å²) >= 11 is 0. The Kier molecular flexibility index (Phi) is 2.77. The number of hydrogen-bond donors (Lipinski definition) is 0. The highest BCUT2D eigenvalue weighted by Crippen LogP contribution is 2.04. The molecule has 0 saturated heterocycles. The molecule has 0 aromatic rings. The molecule has 0 amide bonds. The minimum atomic E-state index is -0.556. The first-order valence-corrected chi connectivity index (χ1v) is 2.15. The summed E-state index contributed by atoms with van der Waals surface area (Å²) in [6.07, 6.45) is 1.23. The molecule has 0 bridgehead atoms. The summed E-state index contributed by atoms with van der Waals surface area (Å²) in [7, 11) is 0. The molecule has 0 saturated carbocycles. The molecular formula is C6H7FO. The van der Waals surface area contributed by atoms with E-state index >= 15 is 0 Å². The summed E-state index contributed by atoms with van der Waals surface area (Å²) in [5.74, 6) is -0.556. The monoisotopic (exact) mass is 114 g/mol. The molecule has 2 heteroatoms. The zero-order valence-corrected chi connectivity index (χ0v) is 4.65. The van der Waals surface area contributed by atoms with E-state index in [0.717, 1.165) is 6.08 Å². The van der Waals surface area contributed by atoms with Gasteiger partial charge in [-0.25, -0.2) is 4.39 Å². The van der Waals surface area contributed by atoms with Crippen LogP contribution in [0.15, 0.2) is 24.1 Å². The summed E-state index contributed by atoms with van der Waals surface area (Å²) in [4.78, 5) is 9.56. The summed E-state index contributed by atoms with van der Waals surface area (Å²) < 4.78 is 12.1. The fraction of sp³-hybridized carbons (Fsp3) is 0.167. The molecule has 0 radical (unpaired) electrons. The van der Waals surface area contributed by atoms with Gasteiger partial charge in [-0.2, -0.15) is 0 Å². The lowest BCUT2D eigenvalue weighted by Crippen LogP contribution is -1.73. The summed E-state index contributed by atoms with van der Waals surface area (Å²) in [6, 6.07) is 0. The highest BCUT2D eigenvalue weighted by Gasteiger charge is 1.89. The third-order valence-corrected chi connectivity index (χ3v) is 0.622. The van der Waals surface area contributed by atoms with E-state index < -0.39 is 5.83 Å². The van der Waals surface area contributed by atoms with E-state index in [1.807, 2.05) is 0 Å². The van der Waals surface area contributed by atoms with Gasteiger partial charge in [-0.3, -0.25) is 4.79 Å². The maximum atomic E-state index is 12.1. The van der Waals surface area contributed by atoms with Gasteiger partial charge < -0.3 is 0 Å². The van der Waals surface area contributed by atoms with Crippen molar-refractivity contribution in [2.24, 2.45) is 0 Å². The third kappa shape index (κ3) is 2.29. The van der Waals surface area contributed by atoms with Crippen LogP contribution >= 0.6 is 0 Å². The molecule has 0 aliphatic carbocycles. The summed E-state index contributed by atoms with van der Waals surface area (Å²) in [5, 5.41) is 0. The molecule has 0 spiro atoms. The molecule has 0 aromatic heterocycles. The number of aldehydes is 1. The molecule has 0 heterocycles. The van der Waals surface area contributed by atoms with E-state index in [9.17, 15) is 9.18 Å². The largest absolute Gasteiger partial charge is 0.298 e. The number of halogens is 1. The lowest BCUT2D eigenvalue weighted by atomic mass is 10.3. The van der Waals surface area contributed by atoms with Gasteiger partial charge in [-0.05, 0) is 12.5 Å². The van der Waals surface area contributed by atoms with Crippen LogP contribution in [0.3, 0.4) is 0 Å². The predicted molar refractivity (Wildman–Crippen MR) is 30.1 cm³/mol. The van der Waals surface area contributed by atoms with Crippen LogP contribution in [0.4, 0.5) is 4.39 Å². The van der Waals surface area contributed by atoms with Gasteiger partial charge in [0.1, 0.15) is 12.1 Å². The van der Waals surface area contributed by atoms with E-state index in [1.54, 1.807) is 0 Å². The van der Waals surface area contributed by atoms with Crippen LogP contribution in [0.25, 0.3) is 0 Å². The van der Waals surface area contributed by atoms with E-state index in [-0.39, 0.29) is 5.57 Å². The number of allylic oxidation sites excluding steroid dienone is 3. The van der Waals surface area contributed by atoms with Crippen LogP contribution in [-0.4, -0.2) is 6.29 Å². The van der Waals surface area contributed by atoms with Crippen molar-refractivity contribution in [2.45, 2.75) is 6.92 Å². The first-order chi connectivity index (χ1) is 3.68. The SMILES string of the molecule is C=C(C)/C(F)=C/C=O. The van der Waals surface area contributed by atoms with Gasteiger partial charge in [-0.15, -0.1) is 0 Å². The van der Waals surface area contributed by atoms with Gasteiger partial charge in [0, 0.05) is 6.08 Å². The van der Waals surface area contributed by atoms with Crippen LogP contribution in [-0.2, 0) is 4.79 Å². The smallest absolute Gasteiger partial charge is 0.145 e. The highest BCUT2D eigenvalue weighted by molar-refractivity contribution is 5.66. The second-order valence-electron chi connectivity index (χ2n) is 1.43. The fourth-order valence-electron chi connectivity index (χ4n) is 0.202. The van der Waals surface area contributed by atoms with Crippen molar-refractivity contribution in [1.82, 2.24) is 0 Å². The van der Waals surface area contributed by atoms with Crippen molar-refractivity contribution < 1.29 is 9.18 Å². The Morgan fingerprint density at radius 3 is 2.38 bits per heavy atom. The molecular weight excluding hydrogens is 107 g/mol. The number of rotatable bonds is 2. The second-order valence-corrected chi connectivity index (χ2v) is 1.43. The Balaban J connectivity index is 3.99. The Morgan fingerprint density at radius 1 is 1.75 bits per heavy atom. The fourth-order valence-corrected chi connectivity index (χ4v) is 0.202. The highest BCUT2D eigenvalue weighted by atomic mass is 19.1. The Bertz CT molecular complexity index is 135. The van der Waals surface area contributed by atoms with E-state index in [2.05, 4.69) is 6.58 Å². The second kappa shape index (κ2) is 3.13. The molecule has 1 nitrogen and oxygen atoms in total. The van der Waals surface area contributed by atoms with Crippen LogP contribution in [0.5, 0.6) is 0 Å². The maximum absolute atomic E-state index is 12.1. The van der Waals surface area contributed by atoms with Gasteiger partial charge >= 0.3 is 0 Å². The minimum Gasteiger partial charge on any atom is -0.298 e. The number of carbonyl (C=O) groups is 1. The van der Waals surface area contributed by atoms with Gasteiger partial charge in [-0.1, -0.05) is 6.58 Å². The lowest BCUT2D eigenvalue weighted by Gasteiger charge is -1.86. The molecule has 8 heavy (non-hydrogen) atoms. The molecule has 0 rings (SSSR count). The number of carbonyl (C=O) groups excluding carboxylic acids is 1. The van der Waals surface area contributed by atoms with Crippen LogP contribution in [0.1, 0.15) is 6.92 Å². The quantitative estimate of drug-likeness (QED) is 0.303. The Labute approximate surface area is 47.5 Å². The van der Waals surface area contributed by atoms with Crippen molar-refractivity contribution in [1.29, 1.82) is 0 Å². The standard InChI is InChI=1S/C6H7FO/c1-5(2)6(7)3-4-8/h3-4H,1H2,2H3/b6-3-. The number of hydrogen-bond acceptors (Lipinski definition) is 1. The van der Waals surface area contributed by atoms with Gasteiger partial charge in [0.15, 0.2) is 0 Å². The summed E-state index contributed by atoms with van der Waals surface area (Å²) in [5.41, 5.74) is 0.275.